The number of aromatic amines is 1. The molecule has 5 N–H and O–H groups in total. The Balaban J connectivity index is 1.35. The van der Waals surface area contributed by atoms with Crippen LogP contribution in [-0.4, -0.2) is 104 Å². The van der Waals surface area contributed by atoms with E-state index in [2.05, 4.69) is 22.2 Å². The Morgan fingerprint density at radius 3 is 2.50 bits per heavy atom. The van der Waals surface area contributed by atoms with E-state index in [0.29, 0.717) is 61.7 Å². The van der Waals surface area contributed by atoms with Gasteiger partial charge in [0.25, 0.3) is 17.6 Å². The average molecular weight is 577 g/mol. The minimum absolute atomic E-state index is 0.137. The maximum Gasteiger partial charge on any atom is 0.319 e. The third-order valence-corrected chi connectivity index (χ3v) is 6.83. The van der Waals surface area contributed by atoms with Crippen LogP contribution in [0.1, 0.15) is 20.7 Å². The van der Waals surface area contributed by atoms with Crippen molar-refractivity contribution in [2.45, 2.75) is 6.04 Å². The molecule has 1 saturated heterocycles. The van der Waals surface area contributed by atoms with Gasteiger partial charge in [-0.1, -0.05) is 36.4 Å². The molecule has 12 heteroatoms. The van der Waals surface area contributed by atoms with Crippen LogP contribution in [0.4, 0.5) is 10.5 Å². The minimum atomic E-state index is -0.690. The highest BCUT2D eigenvalue weighted by molar-refractivity contribution is 6.45. The first-order chi connectivity index (χ1) is 20.4. The number of ketones is 1. The molecule has 0 spiro atoms. The number of carbonyl (C=O) groups excluding carboxylic acids is 4. The van der Waals surface area contributed by atoms with Crippen LogP contribution in [0.15, 0.2) is 67.4 Å². The zero-order valence-electron chi connectivity index (χ0n) is 23.3. The molecule has 12 nitrogen and oxygen atoms in total. The maximum atomic E-state index is 13.4. The van der Waals surface area contributed by atoms with Crippen molar-refractivity contribution in [2.24, 2.45) is 5.73 Å². The molecule has 3 aromatic rings. The Labute approximate surface area is 243 Å². The smallest absolute Gasteiger partial charge is 0.319 e. The van der Waals surface area contributed by atoms with Gasteiger partial charge in [-0.3, -0.25) is 14.4 Å². The summed E-state index contributed by atoms with van der Waals surface area (Å²) in [7, 11) is 0. The molecule has 1 fully saturated rings. The van der Waals surface area contributed by atoms with Gasteiger partial charge in [-0.15, -0.1) is 6.58 Å². The number of ether oxygens (including phenoxy) is 2. The molecule has 1 atom stereocenters. The van der Waals surface area contributed by atoms with Crippen LogP contribution in [0.25, 0.3) is 10.9 Å². The number of anilines is 1. The van der Waals surface area contributed by atoms with Crippen molar-refractivity contribution in [1.29, 1.82) is 0 Å². The molecule has 1 aliphatic heterocycles. The third-order valence-electron chi connectivity index (χ3n) is 6.83. The first-order valence-electron chi connectivity index (χ1n) is 13.8. The molecular formula is C30H36N6O6. The van der Waals surface area contributed by atoms with Crippen LogP contribution in [0.5, 0.6) is 0 Å². The van der Waals surface area contributed by atoms with Gasteiger partial charge in [0.2, 0.25) is 0 Å². The van der Waals surface area contributed by atoms with E-state index in [1.807, 2.05) is 6.07 Å². The van der Waals surface area contributed by atoms with Crippen LogP contribution in [0.3, 0.4) is 0 Å². The molecule has 4 amide bonds. The molecular weight excluding hydrogens is 540 g/mol. The number of piperazine rings is 1. The Morgan fingerprint density at radius 2 is 1.76 bits per heavy atom. The predicted molar refractivity (Wildman–Crippen MR) is 158 cm³/mol. The van der Waals surface area contributed by atoms with Crippen molar-refractivity contribution in [1.82, 2.24) is 20.1 Å². The van der Waals surface area contributed by atoms with Crippen molar-refractivity contribution in [2.75, 3.05) is 64.5 Å². The molecule has 0 bridgehead atoms. The third kappa shape index (κ3) is 7.40. The van der Waals surface area contributed by atoms with Crippen LogP contribution in [0, 0.1) is 0 Å². The second kappa shape index (κ2) is 14.9. The molecule has 42 heavy (non-hydrogen) atoms. The van der Waals surface area contributed by atoms with Gasteiger partial charge in [0.15, 0.2) is 0 Å². The summed E-state index contributed by atoms with van der Waals surface area (Å²) in [5.74, 6) is -1.51. The topological polar surface area (TPSA) is 159 Å². The molecule has 0 saturated carbocycles. The lowest BCUT2D eigenvalue weighted by Crippen LogP contribution is -2.57. The largest absolute Gasteiger partial charge is 0.378 e. The van der Waals surface area contributed by atoms with E-state index in [0.717, 1.165) is 0 Å². The van der Waals surface area contributed by atoms with Gasteiger partial charge in [0.05, 0.1) is 49.2 Å². The Morgan fingerprint density at radius 1 is 1.00 bits per heavy atom. The summed E-state index contributed by atoms with van der Waals surface area (Å²) in [6, 6.07) is 13.0. The standard InChI is InChI=1S/C30H36N6O6/c1-2-22-20-35(28(38)21-7-4-3-5-8-21)13-14-36(22)29(39)27(37)24-19-33-26-23(24)9-6-10-25(26)34-30(40)32-12-16-42-18-17-41-15-11-31/h2-10,19,22,33H,1,11-18,20,31H2,(H2,32,34,40). The quantitative estimate of drug-likeness (QED) is 0.105. The van der Waals surface area contributed by atoms with E-state index in [9.17, 15) is 19.2 Å². The van der Waals surface area contributed by atoms with Crippen LogP contribution in [0.2, 0.25) is 0 Å². The SMILES string of the molecule is C=CC1CN(C(=O)c2ccccc2)CCN1C(=O)C(=O)c1c[nH]c2c(NC(=O)NCCOCCOCCN)cccc12. The summed E-state index contributed by atoms with van der Waals surface area (Å²) in [6.45, 7) is 6.90. The van der Waals surface area contributed by atoms with E-state index in [1.54, 1.807) is 53.4 Å². The first-order valence-corrected chi connectivity index (χ1v) is 13.8. The number of hydrogen-bond donors (Lipinski definition) is 4. The lowest BCUT2D eigenvalue weighted by molar-refractivity contribution is -0.129. The monoisotopic (exact) mass is 576 g/mol. The molecule has 2 heterocycles. The highest BCUT2D eigenvalue weighted by Crippen LogP contribution is 2.27. The van der Waals surface area contributed by atoms with Crippen molar-refractivity contribution in [3.05, 3.63) is 78.5 Å². The number of H-pyrrole nitrogens is 1. The minimum Gasteiger partial charge on any atom is -0.378 e. The summed E-state index contributed by atoms with van der Waals surface area (Å²) in [4.78, 5) is 58.2. The Kier molecular flexibility index (Phi) is 10.8. The molecule has 2 aromatic carbocycles. The number of urea groups is 1. The van der Waals surface area contributed by atoms with Gasteiger partial charge in [0.1, 0.15) is 0 Å². The lowest BCUT2D eigenvalue weighted by atomic mass is 10.0. The summed E-state index contributed by atoms with van der Waals surface area (Å²) in [5.41, 5.74) is 7.06. The second-order valence-corrected chi connectivity index (χ2v) is 9.57. The number of carbonyl (C=O) groups is 4. The van der Waals surface area contributed by atoms with E-state index in [-0.39, 0.29) is 31.1 Å². The number of nitrogens with one attached hydrogen (secondary N) is 3. The molecule has 4 rings (SSSR count). The van der Waals surface area contributed by atoms with Crippen molar-refractivity contribution in [3.8, 4) is 0 Å². The van der Waals surface area contributed by atoms with Gasteiger partial charge in [-0.25, -0.2) is 4.79 Å². The molecule has 222 valence electrons. The fourth-order valence-electron chi connectivity index (χ4n) is 4.71. The van der Waals surface area contributed by atoms with E-state index >= 15 is 0 Å². The summed E-state index contributed by atoms with van der Waals surface area (Å²) < 4.78 is 10.6. The van der Waals surface area contributed by atoms with Crippen LogP contribution >= 0.6 is 0 Å². The molecule has 0 radical (unpaired) electrons. The maximum absolute atomic E-state index is 13.4. The number of Topliss-reactive ketones (excluding diaryl/α,β-unsaturated/α-hetero) is 1. The first kappa shape index (κ1) is 30.4. The number of hydrogen-bond acceptors (Lipinski definition) is 7. The van der Waals surface area contributed by atoms with Crippen molar-refractivity contribution >= 4 is 40.2 Å². The number of benzene rings is 2. The molecule has 1 unspecified atom stereocenters. The number of rotatable bonds is 13. The Hall–Kier alpha value is -4.52. The molecule has 0 aliphatic carbocycles. The van der Waals surface area contributed by atoms with Crippen molar-refractivity contribution in [3.63, 3.8) is 0 Å². The molecule has 1 aliphatic rings. The fraction of sp³-hybridized carbons (Fsp3) is 0.333. The van der Waals surface area contributed by atoms with Gasteiger partial charge < -0.3 is 40.6 Å². The summed E-state index contributed by atoms with van der Waals surface area (Å²) in [6.07, 6.45) is 3.04. The second-order valence-electron chi connectivity index (χ2n) is 9.57. The zero-order chi connectivity index (χ0) is 29.9. The lowest BCUT2D eigenvalue weighted by Gasteiger charge is -2.39. The van der Waals surface area contributed by atoms with E-state index in [4.69, 9.17) is 15.2 Å². The van der Waals surface area contributed by atoms with E-state index < -0.39 is 23.8 Å². The predicted octanol–water partition coefficient (Wildman–Crippen LogP) is 2.00. The number of para-hydroxylation sites is 1. The van der Waals surface area contributed by atoms with Gasteiger partial charge in [-0.05, 0) is 18.2 Å². The van der Waals surface area contributed by atoms with Gasteiger partial charge in [-0.2, -0.15) is 0 Å². The number of nitrogens with zero attached hydrogens (tertiary/aromatic N) is 2. The highest BCUT2D eigenvalue weighted by atomic mass is 16.5. The zero-order valence-corrected chi connectivity index (χ0v) is 23.3. The Bertz CT molecular complexity index is 1410. The van der Waals surface area contributed by atoms with Gasteiger partial charge >= 0.3 is 6.03 Å². The van der Waals surface area contributed by atoms with E-state index in [1.165, 1.54) is 11.1 Å². The number of aromatic nitrogens is 1. The number of amides is 4. The van der Waals surface area contributed by atoms with Gasteiger partial charge in [0, 0.05) is 49.9 Å². The summed E-state index contributed by atoms with van der Waals surface area (Å²) >= 11 is 0. The average Bonchev–Trinajstić information content (AvgIpc) is 3.46. The summed E-state index contributed by atoms with van der Waals surface area (Å²) in [5, 5.41) is 5.97. The normalized spacial score (nSPS) is 14.9. The highest BCUT2D eigenvalue weighted by Gasteiger charge is 2.35. The van der Waals surface area contributed by atoms with Crippen LogP contribution < -0.4 is 16.4 Å². The molecule has 1 aromatic heterocycles. The number of nitrogens with two attached hydrogens (primary N) is 1. The van der Waals surface area contributed by atoms with Crippen LogP contribution in [-0.2, 0) is 14.3 Å². The fourth-order valence-corrected chi connectivity index (χ4v) is 4.71. The van der Waals surface area contributed by atoms with Crippen molar-refractivity contribution < 1.29 is 28.7 Å². The number of fused-ring (bicyclic) bond motifs is 1.